The highest BCUT2D eigenvalue weighted by atomic mass is 16.5. The van der Waals surface area contributed by atoms with Crippen LogP contribution >= 0.6 is 0 Å². The standard InChI is InChI=1S/C30H34N2O5/c1-18(33)36-24-17-25(35-4)28-27-20(24)16-23-21-11-12-22(29(37-28)30(21,27)14-15-31(23)2)32(3)26(34)13-10-19-8-6-5-7-9-19/h5-10,13,17,21-23,29H,11-12,14-16H2,1-4H3/t21-,22+,23+,29-,30-/m0/s1. The number of likely N-dealkylation sites (tertiary alicyclic amines) is 1. The maximum absolute atomic E-state index is 13.4. The fraction of sp³-hybridized carbons (Fsp3) is 0.467. The Morgan fingerprint density at radius 1 is 1.19 bits per heavy atom. The molecule has 5 atom stereocenters. The fourth-order valence-electron chi connectivity index (χ4n) is 7.56. The molecule has 7 heteroatoms. The van der Waals surface area contributed by atoms with Crippen molar-refractivity contribution in [3.63, 3.8) is 0 Å². The second kappa shape index (κ2) is 8.91. The van der Waals surface area contributed by atoms with Crippen molar-refractivity contribution in [2.45, 2.75) is 56.2 Å². The minimum Gasteiger partial charge on any atom is -0.493 e. The third kappa shape index (κ3) is 3.58. The first-order valence-corrected chi connectivity index (χ1v) is 13.1. The predicted molar refractivity (Wildman–Crippen MR) is 140 cm³/mol. The number of nitrogens with zero attached hydrogens (tertiary/aromatic N) is 2. The highest BCUT2D eigenvalue weighted by molar-refractivity contribution is 5.92. The molecule has 37 heavy (non-hydrogen) atoms. The molecule has 0 unspecified atom stereocenters. The molecule has 1 spiro atoms. The van der Waals surface area contributed by atoms with Gasteiger partial charge in [-0.15, -0.1) is 0 Å². The molecule has 194 valence electrons. The summed E-state index contributed by atoms with van der Waals surface area (Å²) < 4.78 is 18.3. The Morgan fingerprint density at radius 2 is 1.97 bits per heavy atom. The molecule has 2 aromatic carbocycles. The molecule has 2 aliphatic carbocycles. The molecule has 0 aromatic heterocycles. The van der Waals surface area contributed by atoms with Gasteiger partial charge in [-0.2, -0.15) is 0 Å². The van der Waals surface area contributed by atoms with Gasteiger partial charge in [-0.1, -0.05) is 30.3 Å². The summed E-state index contributed by atoms with van der Waals surface area (Å²) in [6.45, 7) is 2.39. The van der Waals surface area contributed by atoms with E-state index in [0.717, 1.165) is 54.7 Å². The van der Waals surface area contributed by atoms with Crippen molar-refractivity contribution in [1.29, 1.82) is 0 Å². The summed E-state index contributed by atoms with van der Waals surface area (Å²) in [4.78, 5) is 29.7. The van der Waals surface area contributed by atoms with Gasteiger partial charge >= 0.3 is 5.97 Å². The zero-order chi connectivity index (χ0) is 25.9. The number of hydrogen-bond acceptors (Lipinski definition) is 6. The molecular weight excluding hydrogens is 468 g/mol. The van der Waals surface area contributed by atoms with E-state index in [1.165, 1.54) is 6.92 Å². The first kappa shape index (κ1) is 24.0. The third-order valence-corrected chi connectivity index (χ3v) is 9.17. The van der Waals surface area contributed by atoms with Gasteiger partial charge in [0.2, 0.25) is 5.91 Å². The van der Waals surface area contributed by atoms with E-state index >= 15 is 0 Å². The van der Waals surface area contributed by atoms with Gasteiger partial charge in [-0.25, -0.2) is 0 Å². The largest absolute Gasteiger partial charge is 0.493 e. The Hall–Kier alpha value is -3.32. The monoisotopic (exact) mass is 502 g/mol. The van der Waals surface area contributed by atoms with Gasteiger partial charge in [-0.05, 0) is 56.8 Å². The van der Waals surface area contributed by atoms with Gasteiger partial charge in [0.05, 0.1) is 13.2 Å². The minimum absolute atomic E-state index is 0.0312. The zero-order valence-electron chi connectivity index (χ0n) is 21.9. The van der Waals surface area contributed by atoms with Crippen LogP contribution in [-0.2, 0) is 21.4 Å². The second-order valence-corrected chi connectivity index (χ2v) is 10.9. The zero-order valence-corrected chi connectivity index (χ0v) is 21.9. The van der Waals surface area contributed by atoms with Gasteiger partial charge < -0.3 is 24.0 Å². The summed E-state index contributed by atoms with van der Waals surface area (Å²) in [5, 5.41) is 0. The maximum Gasteiger partial charge on any atom is 0.308 e. The quantitative estimate of drug-likeness (QED) is 0.352. The Kier molecular flexibility index (Phi) is 5.79. The van der Waals surface area contributed by atoms with E-state index in [2.05, 4.69) is 11.9 Å². The fourth-order valence-corrected chi connectivity index (χ4v) is 7.56. The lowest BCUT2D eigenvalue weighted by atomic mass is 9.51. The van der Waals surface area contributed by atoms with Gasteiger partial charge in [0.1, 0.15) is 11.9 Å². The van der Waals surface area contributed by atoms with E-state index in [4.69, 9.17) is 14.2 Å². The van der Waals surface area contributed by atoms with Gasteiger partial charge in [0.15, 0.2) is 11.5 Å². The van der Waals surface area contributed by atoms with Gasteiger partial charge in [-0.3, -0.25) is 9.59 Å². The van der Waals surface area contributed by atoms with Crippen LogP contribution in [0, 0.1) is 5.92 Å². The van der Waals surface area contributed by atoms with E-state index in [-0.39, 0.29) is 29.4 Å². The first-order valence-electron chi connectivity index (χ1n) is 13.1. The number of rotatable bonds is 5. The molecule has 4 aliphatic rings. The molecule has 2 aliphatic heterocycles. The molecule has 6 rings (SSSR count). The van der Waals surface area contributed by atoms with Crippen LogP contribution in [0.15, 0.2) is 42.5 Å². The van der Waals surface area contributed by atoms with E-state index in [0.29, 0.717) is 23.5 Å². The van der Waals surface area contributed by atoms with Crippen LogP contribution in [0.4, 0.5) is 0 Å². The lowest BCUT2D eigenvalue weighted by molar-refractivity contribution is -0.135. The number of methoxy groups -OCH3 is 1. The Balaban J connectivity index is 1.42. The lowest BCUT2D eigenvalue weighted by Gasteiger charge is -2.59. The van der Waals surface area contributed by atoms with Crippen LogP contribution in [0.2, 0.25) is 0 Å². The molecule has 1 saturated carbocycles. The van der Waals surface area contributed by atoms with Crippen LogP contribution in [-0.4, -0.2) is 67.6 Å². The van der Waals surface area contributed by atoms with Crippen LogP contribution in [0.3, 0.4) is 0 Å². The summed E-state index contributed by atoms with van der Waals surface area (Å²) in [7, 11) is 5.71. The van der Waals surface area contributed by atoms with E-state index < -0.39 is 0 Å². The maximum atomic E-state index is 13.4. The summed E-state index contributed by atoms with van der Waals surface area (Å²) in [5.41, 5.74) is 2.95. The van der Waals surface area contributed by atoms with Crippen molar-refractivity contribution in [1.82, 2.24) is 9.80 Å². The van der Waals surface area contributed by atoms with Crippen LogP contribution < -0.4 is 14.2 Å². The molecule has 2 aromatic rings. The van der Waals surface area contributed by atoms with E-state index in [1.807, 2.05) is 48.4 Å². The Labute approximate surface area is 218 Å². The number of piperidine rings is 1. The third-order valence-electron chi connectivity index (χ3n) is 9.17. The van der Waals surface area contributed by atoms with Crippen molar-refractivity contribution >= 4 is 18.0 Å². The molecule has 0 radical (unpaired) electrons. The number of carbonyl (C=O) groups is 2. The smallest absolute Gasteiger partial charge is 0.308 e. The van der Waals surface area contributed by atoms with E-state index in [1.54, 1.807) is 19.3 Å². The molecule has 2 fully saturated rings. The summed E-state index contributed by atoms with van der Waals surface area (Å²) in [6.07, 6.45) is 6.98. The summed E-state index contributed by atoms with van der Waals surface area (Å²) >= 11 is 0. The molecule has 7 nitrogen and oxygen atoms in total. The number of esters is 1. The second-order valence-electron chi connectivity index (χ2n) is 10.9. The number of ether oxygens (including phenoxy) is 3. The van der Waals surface area contributed by atoms with Crippen molar-refractivity contribution in [3.05, 3.63) is 59.2 Å². The lowest BCUT2D eigenvalue weighted by Crippen LogP contribution is -2.68. The van der Waals surface area contributed by atoms with Crippen LogP contribution in [0.25, 0.3) is 6.08 Å². The van der Waals surface area contributed by atoms with Crippen molar-refractivity contribution in [3.8, 4) is 17.2 Å². The molecule has 1 amide bonds. The summed E-state index contributed by atoms with van der Waals surface area (Å²) in [6, 6.07) is 11.9. The van der Waals surface area contributed by atoms with Gasteiger partial charge in [0, 0.05) is 48.7 Å². The Bertz CT molecular complexity index is 1270. The molecular formula is C30H34N2O5. The normalized spacial score (nSPS) is 29.4. The van der Waals surface area contributed by atoms with Crippen LogP contribution in [0.5, 0.6) is 17.2 Å². The van der Waals surface area contributed by atoms with Gasteiger partial charge in [0.25, 0.3) is 0 Å². The number of likely N-dealkylation sites (N-methyl/N-ethyl adjacent to an activating group) is 2. The molecule has 2 bridgehead atoms. The number of carbonyl (C=O) groups excluding carboxylic acids is 2. The average molecular weight is 503 g/mol. The van der Waals surface area contributed by atoms with Crippen LogP contribution in [0.1, 0.15) is 42.9 Å². The first-order chi connectivity index (χ1) is 17.8. The number of hydrogen-bond donors (Lipinski definition) is 0. The average Bonchev–Trinajstić information content (AvgIpc) is 3.24. The predicted octanol–water partition coefficient (Wildman–Crippen LogP) is 3.83. The number of amides is 1. The minimum atomic E-state index is -0.344. The highest BCUT2D eigenvalue weighted by Crippen LogP contribution is 2.65. The van der Waals surface area contributed by atoms with Crippen molar-refractivity contribution < 1.29 is 23.8 Å². The molecule has 0 N–H and O–H groups in total. The Morgan fingerprint density at radius 3 is 2.70 bits per heavy atom. The molecule has 2 heterocycles. The SMILES string of the molecule is COc1cc(OC(C)=O)c2c3c1O[C@H]1[C@H](N(C)C(=O)C=Cc4ccccc4)CC[C@H]4[C@@H](C2)N(C)CC[C@@]341. The summed E-state index contributed by atoms with van der Waals surface area (Å²) in [5.74, 6) is 1.95. The van der Waals surface area contributed by atoms with E-state index in [9.17, 15) is 9.59 Å². The number of benzene rings is 2. The highest BCUT2D eigenvalue weighted by Gasteiger charge is 2.66. The topological polar surface area (TPSA) is 68.3 Å². The molecule has 1 saturated heterocycles. The van der Waals surface area contributed by atoms with Crippen molar-refractivity contribution in [2.75, 3.05) is 27.7 Å². The van der Waals surface area contributed by atoms with Crippen molar-refractivity contribution in [2.24, 2.45) is 5.92 Å².